The van der Waals surface area contributed by atoms with Crippen LogP contribution < -0.4 is 14.8 Å². The Balaban J connectivity index is 2.05. The second-order valence-corrected chi connectivity index (χ2v) is 5.50. The molecular weight excluding hydrogens is 344 g/mol. The van der Waals surface area contributed by atoms with Gasteiger partial charge in [-0.25, -0.2) is 0 Å². The molecule has 0 aliphatic carbocycles. The lowest BCUT2D eigenvalue weighted by Gasteiger charge is -2.08. The van der Waals surface area contributed by atoms with Crippen LogP contribution in [0.3, 0.4) is 0 Å². The van der Waals surface area contributed by atoms with Crippen LogP contribution in [0, 0.1) is 10.1 Å². The third-order valence-electron chi connectivity index (χ3n) is 3.16. The number of halogens is 1. The fourth-order valence-corrected chi connectivity index (χ4v) is 2.73. The predicted molar refractivity (Wildman–Crippen MR) is 79.6 cm³/mol. The molecule has 2 N–H and O–H groups in total. The average molecular weight is 361 g/mol. The minimum atomic E-state index is -0.442. The zero-order chi connectivity index (χ0) is 15.2. The molecular formula is C13H17BrN2O5. The van der Waals surface area contributed by atoms with Crippen molar-refractivity contribution in [2.75, 3.05) is 19.9 Å². The summed E-state index contributed by atoms with van der Waals surface area (Å²) in [5.41, 5.74) is 0.506. The normalized spacial score (nSPS) is 12.7. The zero-order valence-electron chi connectivity index (χ0n) is 11.4. The number of unbranched alkanes of at least 4 members (excludes halogenated alkanes) is 2. The molecule has 1 aromatic carbocycles. The Labute approximate surface area is 130 Å². The van der Waals surface area contributed by atoms with Gasteiger partial charge in [-0.15, -0.1) is 0 Å². The Morgan fingerprint density at radius 1 is 1.33 bits per heavy atom. The summed E-state index contributed by atoms with van der Waals surface area (Å²) in [4.78, 5) is 10.8. The van der Waals surface area contributed by atoms with E-state index in [2.05, 4.69) is 21.2 Å². The van der Waals surface area contributed by atoms with E-state index in [1.807, 2.05) is 0 Å². The number of nitrogens with one attached hydrogen (secondary N) is 1. The van der Waals surface area contributed by atoms with Gasteiger partial charge in [0.15, 0.2) is 5.75 Å². The largest absolute Gasteiger partial charge is 0.452 e. The number of hydrogen-bond donors (Lipinski definition) is 2. The first-order valence-corrected chi connectivity index (χ1v) is 7.51. The quantitative estimate of drug-likeness (QED) is 0.419. The van der Waals surface area contributed by atoms with E-state index in [4.69, 9.17) is 14.6 Å². The molecule has 0 spiro atoms. The number of nitro groups is 1. The standard InChI is InChI=1S/C13H17BrN2O5/c14-10-6-9(7-15-4-2-1-3-5-17)11(16(18)19)13-12(10)20-8-21-13/h6,15,17H,1-5,7-8H2. The van der Waals surface area contributed by atoms with E-state index in [-0.39, 0.29) is 24.8 Å². The van der Waals surface area contributed by atoms with Gasteiger partial charge < -0.3 is 19.9 Å². The summed E-state index contributed by atoms with van der Waals surface area (Å²) in [6.45, 7) is 1.31. The molecule has 7 nitrogen and oxygen atoms in total. The zero-order valence-corrected chi connectivity index (χ0v) is 13.0. The van der Waals surface area contributed by atoms with Crippen molar-refractivity contribution in [1.29, 1.82) is 0 Å². The summed E-state index contributed by atoms with van der Waals surface area (Å²) < 4.78 is 11.1. The lowest BCUT2D eigenvalue weighted by molar-refractivity contribution is -0.386. The van der Waals surface area contributed by atoms with Crippen molar-refractivity contribution in [3.05, 3.63) is 26.2 Å². The minimum absolute atomic E-state index is 0.00713. The summed E-state index contributed by atoms with van der Waals surface area (Å²) in [6, 6.07) is 1.69. The van der Waals surface area contributed by atoms with Gasteiger partial charge in [-0.2, -0.15) is 0 Å². The highest BCUT2D eigenvalue weighted by Gasteiger charge is 2.31. The molecule has 0 saturated carbocycles. The maximum atomic E-state index is 11.3. The summed E-state index contributed by atoms with van der Waals surface area (Å²) in [5, 5.41) is 23.1. The molecule has 1 aromatic rings. The Morgan fingerprint density at radius 2 is 2.10 bits per heavy atom. The van der Waals surface area contributed by atoms with Crippen LogP contribution in [0.25, 0.3) is 0 Å². The maximum absolute atomic E-state index is 11.3. The number of fused-ring (bicyclic) bond motifs is 1. The first kappa shape index (κ1) is 16.0. The van der Waals surface area contributed by atoms with E-state index >= 15 is 0 Å². The summed E-state index contributed by atoms with van der Waals surface area (Å²) in [7, 11) is 0. The smallest absolute Gasteiger partial charge is 0.319 e. The molecule has 1 aliphatic rings. The van der Waals surface area contributed by atoms with Gasteiger partial charge in [0.1, 0.15) is 0 Å². The average Bonchev–Trinajstić information content (AvgIpc) is 2.92. The van der Waals surface area contributed by atoms with Crippen LogP contribution in [0.4, 0.5) is 5.69 Å². The number of ether oxygens (including phenoxy) is 2. The first-order chi connectivity index (χ1) is 10.1. The minimum Gasteiger partial charge on any atom is -0.452 e. The van der Waals surface area contributed by atoms with Crippen LogP contribution in [0.1, 0.15) is 24.8 Å². The van der Waals surface area contributed by atoms with Gasteiger partial charge in [-0.3, -0.25) is 10.1 Å². The van der Waals surface area contributed by atoms with Gasteiger partial charge in [0.05, 0.1) is 9.40 Å². The lowest BCUT2D eigenvalue weighted by atomic mass is 10.1. The molecule has 116 valence electrons. The van der Waals surface area contributed by atoms with E-state index in [0.29, 0.717) is 22.3 Å². The van der Waals surface area contributed by atoms with Crippen molar-refractivity contribution < 1.29 is 19.5 Å². The molecule has 0 fully saturated rings. The third-order valence-corrected chi connectivity index (χ3v) is 3.75. The molecule has 0 unspecified atom stereocenters. The number of nitro benzene ring substituents is 1. The van der Waals surface area contributed by atoms with Crippen LogP contribution in [0.15, 0.2) is 10.5 Å². The van der Waals surface area contributed by atoms with E-state index in [1.165, 1.54) is 0 Å². The number of benzene rings is 1. The molecule has 8 heteroatoms. The van der Waals surface area contributed by atoms with Gasteiger partial charge in [-0.05, 0) is 47.8 Å². The van der Waals surface area contributed by atoms with Crippen molar-refractivity contribution in [1.82, 2.24) is 5.32 Å². The van der Waals surface area contributed by atoms with E-state index < -0.39 is 4.92 Å². The molecule has 2 rings (SSSR count). The molecule has 0 aromatic heterocycles. The van der Waals surface area contributed by atoms with Crippen molar-refractivity contribution in [3.63, 3.8) is 0 Å². The Morgan fingerprint density at radius 3 is 2.81 bits per heavy atom. The highest BCUT2D eigenvalue weighted by atomic mass is 79.9. The maximum Gasteiger partial charge on any atom is 0.319 e. The third kappa shape index (κ3) is 3.84. The topological polar surface area (TPSA) is 93.9 Å². The fourth-order valence-electron chi connectivity index (χ4n) is 2.16. The van der Waals surface area contributed by atoms with Gasteiger partial charge in [0.2, 0.25) is 12.5 Å². The van der Waals surface area contributed by atoms with E-state index in [0.717, 1.165) is 25.8 Å². The van der Waals surface area contributed by atoms with Gasteiger partial charge in [0, 0.05) is 18.7 Å². The molecule has 21 heavy (non-hydrogen) atoms. The second-order valence-electron chi connectivity index (χ2n) is 4.65. The highest BCUT2D eigenvalue weighted by Crippen LogP contribution is 2.47. The van der Waals surface area contributed by atoms with Crippen LogP contribution in [0.5, 0.6) is 11.5 Å². The van der Waals surface area contributed by atoms with E-state index in [9.17, 15) is 10.1 Å². The summed E-state index contributed by atoms with van der Waals surface area (Å²) in [5.74, 6) is 0.569. The molecule has 0 bridgehead atoms. The second kappa shape index (κ2) is 7.58. The van der Waals surface area contributed by atoms with Crippen LogP contribution in [-0.2, 0) is 6.54 Å². The number of nitrogens with zero attached hydrogens (tertiary/aromatic N) is 1. The lowest BCUT2D eigenvalue weighted by Crippen LogP contribution is -2.16. The van der Waals surface area contributed by atoms with Gasteiger partial charge >= 0.3 is 5.69 Å². The highest BCUT2D eigenvalue weighted by molar-refractivity contribution is 9.10. The number of hydrogen-bond acceptors (Lipinski definition) is 6. The van der Waals surface area contributed by atoms with Crippen LogP contribution >= 0.6 is 15.9 Å². The Bertz CT molecular complexity index is 524. The molecule has 1 aliphatic heterocycles. The number of aliphatic hydroxyl groups excluding tert-OH is 1. The van der Waals surface area contributed by atoms with Crippen molar-refractivity contribution >= 4 is 21.6 Å². The monoisotopic (exact) mass is 360 g/mol. The summed E-state index contributed by atoms with van der Waals surface area (Å²) >= 11 is 3.34. The van der Waals surface area contributed by atoms with Crippen LogP contribution in [0.2, 0.25) is 0 Å². The molecule has 0 saturated heterocycles. The van der Waals surface area contributed by atoms with E-state index in [1.54, 1.807) is 6.07 Å². The number of rotatable bonds is 8. The van der Waals surface area contributed by atoms with Gasteiger partial charge in [-0.1, -0.05) is 0 Å². The van der Waals surface area contributed by atoms with Gasteiger partial charge in [0.25, 0.3) is 0 Å². The number of aliphatic hydroxyl groups is 1. The SMILES string of the molecule is O=[N+]([O-])c1c(CNCCCCCO)cc(Br)c2c1OCO2. The van der Waals surface area contributed by atoms with Crippen LogP contribution in [-0.4, -0.2) is 30.0 Å². The predicted octanol–water partition coefficient (Wildman–Crippen LogP) is 2.34. The van der Waals surface area contributed by atoms with Crippen molar-refractivity contribution in [2.24, 2.45) is 0 Å². The molecule has 1 heterocycles. The molecule has 0 atom stereocenters. The molecule has 0 radical (unpaired) electrons. The first-order valence-electron chi connectivity index (χ1n) is 6.72. The Kier molecular flexibility index (Phi) is 5.77. The summed E-state index contributed by atoms with van der Waals surface area (Å²) in [6.07, 6.45) is 2.62. The van der Waals surface area contributed by atoms with Crippen molar-refractivity contribution in [3.8, 4) is 11.5 Å². The molecule has 0 amide bonds. The van der Waals surface area contributed by atoms with Crippen molar-refractivity contribution in [2.45, 2.75) is 25.8 Å². The fraction of sp³-hybridized carbons (Fsp3) is 0.538. The Hall–Kier alpha value is -1.38.